The van der Waals surface area contributed by atoms with Gasteiger partial charge in [-0.25, -0.2) is 0 Å². The van der Waals surface area contributed by atoms with Crippen LogP contribution in [0.4, 0.5) is 5.69 Å². The molecule has 92 valence electrons. The van der Waals surface area contributed by atoms with Crippen LogP contribution < -0.4 is 0 Å². The Bertz CT molecular complexity index is 543. The lowest BCUT2D eigenvalue weighted by atomic mass is 10.0. The van der Waals surface area contributed by atoms with Gasteiger partial charge in [0.05, 0.1) is 16.6 Å². The molecule has 1 aromatic carbocycles. The number of benzene rings is 1. The molecule has 0 aliphatic rings. The highest BCUT2D eigenvalue weighted by Gasteiger charge is 2.19. The van der Waals surface area contributed by atoms with Gasteiger partial charge in [-0.05, 0) is 18.2 Å². The predicted octanol–water partition coefficient (Wildman–Crippen LogP) is 2.27. The highest BCUT2D eigenvalue weighted by molar-refractivity contribution is 5.41. The maximum Gasteiger partial charge on any atom is 0.275 e. The van der Waals surface area contributed by atoms with Crippen molar-refractivity contribution in [3.63, 3.8) is 0 Å². The Hall–Kier alpha value is -2.27. The second-order valence-electron chi connectivity index (χ2n) is 3.86. The lowest BCUT2D eigenvalue weighted by Gasteiger charge is -2.10. The zero-order valence-electron chi connectivity index (χ0n) is 9.56. The highest BCUT2D eigenvalue weighted by Crippen LogP contribution is 2.26. The summed E-state index contributed by atoms with van der Waals surface area (Å²) in [6.07, 6.45) is 0.953. The zero-order valence-corrected chi connectivity index (χ0v) is 9.56. The lowest BCUT2D eigenvalue weighted by molar-refractivity contribution is -0.386. The quantitative estimate of drug-likeness (QED) is 0.661. The average molecular weight is 244 g/mol. The third-order valence-electron chi connectivity index (χ3n) is 2.62. The van der Waals surface area contributed by atoms with Crippen molar-refractivity contribution in [2.45, 2.75) is 12.5 Å². The van der Waals surface area contributed by atoms with Crippen LogP contribution in [-0.2, 0) is 6.42 Å². The van der Waals surface area contributed by atoms with E-state index in [-0.39, 0.29) is 12.1 Å². The predicted molar refractivity (Wildman–Crippen MR) is 66.0 cm³/mol. The van der Waals surface area contributed by atoms with E-state index < -0.39 is 11.0 Å². The molecule has 1 atom stereocenters. The van der Waals surface area contributed by atoms with Gasteiger partial charge in [0.25, 0.3) is 5.69 Å². The van der Waals surface area contributed by atoms with E-state index in [4.69, 9.17) is 0 Å². The van der Waals surface area contributed by atoms with Crippen molar-refractivity contribution in [3.8, 4) is 0 Å². The van der Waals surface area contributed by atoms with Crippen LogP contribution in [0.5, 0.6) is 0 Å². The van der Waals surface area contributed by atoms with Gasteiger partial charge < -0.3 is 5.11 Å². The first kappa shape index (κ1) is 12.2. The first-order valence-corrected chi connectivity index (χ1v) is 5.50. The summed E-state index contributed by atoms with van der Waals surface area (Å²) in [7, 11) is 0. The molecule has 5 nitrogen and oxygen atoms in total. The van der Waals surface area contributed by atoms with Crippen LogP contribution in [0.2, 0.25) is 0 Å². The number of aliphatic hydroxyl groups excluding tert-OH is 1. The monoisotopic (exact) mass is 244 g/mol. The van der Waals surface area contributed by atoms with Crippen molar-refractivity contribution < 1.29 is 10.0 Å². The molecule has 5 heteroatoms. The summed E-state index contributed by atoms with van der Waals surface area (Å²) in [5.41, 5.74) is 0.942. The molecule has 0 aliphatic heterocycles. The summed E-state index contributed by atoms with van der Waals surface area (Å²) in [6.45, 7) is 0. The lowest BCUT2D eigenvalue weighted by Crippen LogP contribution is -2.06. The molecule has 0 spiro atoms. The fourth-order valence-electron chi connectivity index (χ4n) is 1.76. The fraction of sp³-hybridized carbons (Fsp3) is 0.154. The number of hydrogen-bond acceptors (Lipinski definition) is 4. The summed E-state index contributed by atoms with van der Waals surface area (Å²) in [6, 6.07) is 11.6. The molecule has 18 heavy (non-hydrogen) atoms. The second kappa shape index (κ2) is 5.37. The standard InChI is InChI=1S/C13H12N2O3/c16-13(9-10-5-3-4-8-14-10)11-6-1-2-7-12(11)15(17)18/h1-8,13,16H,9H2/t13-/m1/s1. The van der Waals surface area contributed by atoms with Gasteiger partial charge >= 0.3 is 0 Å². The van der Waals surface area contributed by atoms with E-state index in [0.29, 0.717) is 11.3 Å². The van der Waals surface area contributed by atoms with Crippen molar-refractivity contribution >= 4 is 5.69 Å². The normalized spacial score (nSPS) is 12.1. The van der Waals surface area contributed by atoms with E-state index in [9.17, 15) is 15.2 Å². The van der Waals surface area contributed by atoms with Gasteiger partial charge in [0.2, 0.25) is 0 Å². The van der Waals surface area contributed by atoms with Crippen LogP contribution >= 0.6 is 0 Å². The number of nitro benzene ring substituents is 1. The Morgan fingerprint density at radius 3 is 2.61 bits per heavy atom. The van der Waals surface area contributed by atoms with Crippen LogP contribution in [0.15, 0.2) is 48.7 Å². The van der Waals surface area contributed by atoms with Gasteiger partial charge in [-0.1, -0.05) is 18.2 Å². The van der Waals surface area contributed by atoms with Gasteiger partial charge in [-0.3, -0.25) is 15.1 Å². The van der Waals surface area contributed by atoms with Crippen molar-refractivity contribution in [2.75, 3.05) is 0 Å². The molecule has 0 saturated carbocycles. The summed E-state index contributed by atoms with van der Waals surface area (Å²) < 4.78 is 0. The van der Waals surface area contributed by atoms with Gasteiger partial charge in [-0.2, -0.15) is 0 Å². The van der Waals surface area contributed by atoms with E-state index in [1.54, 1.807) is 36.5 Å². The van der Waals surface area contributed by atoms with Crippen molar-refractivity contribution in [3.05, 3.63) is 70.0 Å². The minimum absolute atomic E-state index is 0.0686. The molecule has 0 aliphatic carbocycles. The average Bonchev–Trinajstić information content (AvgIpc) is 2.40. The molecule has 0 fully saturated rings. The van der Waals surface area contributed by atoms with Crippen LogP contribution in [-0.4, -0.2) is 15.0 Å². The maximum atomic E-state index is 10.9. The summed E-state index contributed by atoms with van der Waals surface area (Å²) >= 11 is 0. The topological polar surface area (TPSA) is 76.3 Å². The number of aromatic nitrogens is 1. The third-order valence-corrected chi connectivity index (χ3v) is 2.62. The number of nitrogens with zero attached hydrogens (tertiary/aromatic N) is 2. The molecule has 2 rings (SSSR count). The van der Waals surface area contributed by atoms with E-state index in [1.807, 2.05) is 6.07 Å². The smallest absolute Gasteiger partial charge is 0.275 e. The number of hydrogen-bond donors (Lipinski definition) is 1. The first-order chi connectivity index (χ1) is 8.68. The van der Waals surface area contributed by atoms with Crippen molar-refractivity contribution in [1.29, 1.82) is 0 Å². The van der Waals surface area contributed by atoms with E-state index in [0.717, 1.165) is 0 Å². The summed E-state index contributed by atoms with van der Waals surface area (Å²) in [5.74, 6) is 0. The molecule has 0 saturated heterocycles. The zero-order chi connectivity index (χ0) is 13.0. The first-order valence-electron chi connectivity index (χ1n) is 5.50. The molecule has 1 N–H and O–H groups in total. The molecule has 2 aromatic rings. The van der Waals surface area contributed by atoms with Crippen LogP contribution in [0.1, 0.15) is 17.4 Å². The molecule has 1 aromatic heterocycles. The Balaban J connectivity index is 2.24. The van der Waals surface area contributed by atoms with Crippen LogP contribution in [0.25, 0.3) is 0 Å². The largest absolute Gasteiger partial charge is 0.388 e. The number of para-hydroxylation sites is 1. The van der Waals surface area contributed by atoms with E-state index >= 15 is 0 Å². The van der Waals surface area contributed by atoms with Gasteiger partial charge in [0.15, 0.2) is 0 Å². The highest BCUT2D eigenvalue weighted by atomic mass is 16.6. The third kappa shape index (κ3) is 2.70. The number of rotatable bonds is 4. The SMILES string of the molecule is O=[N+]([O-])c1ccccc1[C@H](O)Cc1ccccn1. The molecule has 0 radical (unpaired) electrons. The van der Waals surface area contributed by atoms with Crippen LogP contribution in [0, 0.1) is 10.1 Å². The fourth-order valence-corrected chi connectivity index (χ4v) is 1.76. The van der Waals surface area contributed by atoms with E-state index in [1.165, 1.54) is 6.07 Å². The minimum atomic E-state index is -0.929. The minimum Gasteiger partial charge on any atom is -0.388 e. The number of aliphatic hydroxyl groups is 1. The van der Waals surface area contributed by atoms with E-state index in [2.05, 4.69) is 4.98 Å². The van der Waals surface area contributed by atoms with Gasteiger partial charge in [0.1, 0.15) is 0 Å². The van der Waals surface area contributed by atoms with Crippen molar-refractivity contribution in [1.82, 2.24) is 4.98 Å². The molecule has 0 amide bonds. The molecule has 0 unspecified atom stereocenters. The van der Waals surface area contributed by atoms with Crippen molar-refractivity contribution in [2.24, 2.45) is 0 Å². The summed E-state index contributed by atoms with van der Waals surface area (Å²) in [4.78, 5) is 14.5. The Kier molecular flexibility index (Phi) is 3.64. The van der Waals surface area contributed by atoms with Gasteiger partial charge in [0, 0.05) is 24.4 Å². The van der Waals surface area contributed by atoms with Crippen LogP contribution in [0.3, 0.4) is 0 Å². The second-order valence-corrected chi connectivity index (χ2v) is 3.86. The number of nitro groups is 1. The molecule has 0 bridgehead atoms. The molecular formula is C13H12N2O3. The molecular weight excluding hydrogens is 232 g/mol. The Morgan fingerprint density at radius 2 is 1.94 bits per heavy atom. The summed E-state index contributed by atoms with van der Waals surface area (Å²) in [5, 5.41) is 20.9. The Labute approximate surface area is 104 Å². The number of pyridine rings is 1. The Morgan fingerprint density at radius 1 is 1.22 bits per heavy atom. The van der Waals surface area contributed by atoms with Gasteiger partial charge in [-0.15, -0.1) is 0 Å². The maximum absolute atomic E-state index is 10.9. The molecule has 1 heterocycles.